The third kappa shape index (κ3) is 5.02. The molecule has 0 aliphatic heterocycles. The molecule has 1 unspecified atom stereocenters. The summed E-state index contributed by atoms with van der Waals surface area (Å²) < 4.78 is 46.2. The number of hydrogen-bond acceptors (Lipinski definition) is 7. The smallest absolute Gasteiger partial charge is 0.381 e. The van der Waals surface area contributed by atoms with Gasteiger partial charge in [0.15, 0.2) is 5.65 Å². The van der Waals surface area contributed by atoms with E-state index in [0.29, 0.717) is 23.1 Å². The van der Waals surface area contributed by atoms with E-state index in [1.165, 1.54) is 7.11 Å². The second-order valence-corrected chi connectivity index (χ2v) is 7.21. The second-order valence-electron chi connectivity index (χ2n) is 7.21. The SMILES string of the molecule is COC(CCC(F)(F)F)Cc1nnc2cc(-c3ccnc(Nc4ccnn4C)n3)ccn12. The maximum absolute atomic E-state index is 12.5. The number of halogens is 3. The molecule has 4 aromatic heterocycles. The Bertz CT molecular complexity index is 1200. The summed E-state index contributed by atoms with van der Waals surface area (Å²) >= 11 is 0. The zero-order valence-corrected chi connectivity index (χ0v) is 17.4. The predicted octanol–water partition coefficient (Wildman–Crippen LogP) is 3.56. The third-order valence-corrected chi connectivity index (χ3v) is 4.99. The lowest BCUT2D eigenvalue weighted by Crippen LogP contribution is -2.19. The first kappa shape index (κ1) is 21.7. The molecule has 1 atom stereocenters. The summed E-state index contributed by atoms with van der Waals surface area (Å²) in [5.74, 6) is 1.69. The van der Waals surface area contributed by atoms with Crippen molar-refractivity contribution in [3.8, 4) is 11.3 Å². The minimum atomic E-state index is -4.22. The van der Waals surface area contributed by atoms with Crippen molar-refractivity contribution in [1.29, 1.82) is 0 Å². The highest BCUT2D eigenvalue weighted by molar-refractivity contribution is 5.65. The van der Waals surface area contributed by atoms with E-state index in [2.05, 4.69) is 30.6 Å². The highest BCUT2D eigenvalue weighted by Gasteiger charge is 2.29. The quantitative estimate of drug-likeness (QED) is 0.442. The van der Waals surface area contributed by atoms with Gasteiger partial charge in [-0.3, -0.25) is 9.08 Å². The molecule has 0 aliphatic carbocycles. The minimum Gasteiger partial charge on any atom is -0.381 e. The molecule has 0 fully saturated rings. The molecule has 0 amide bonds. The van der Waals surface area contributed by atoms with E-state index < -0.39 is 18.7 Å². The number of hydrogen-bond donors (Lipinski definition) is 1. The number of alkyl halides is 3. The number of ether oxygens (including phenoxy) is 1. The number of aromatic nitrogens is 7. The van der Waals surface area contributed by atoms with Crippen LogP contribution in [0.4, 0.5) is 24.9 Å². The Morgan fingerprint density at radius 1 is 1.16 bits per heavy atom. The molecule has 12 heteroatoms. The molecule has 0 spiro atoms. The van der Waals surface area contributed by atoms with E-state index in [1.807, 2.05) is 18.2 Å². The van der Waals surface area contributed by atoms with Crippen LogP contribution < -0.4 is 5.32 Å². The maximum atomic E-state index is 12.5. The molecule has 32 heavy (non-hydrogen) atoms. The number of rotatable bonds is 8. The molecule has 4 aromatic rings. The summed E-state index contributed by atoms with van der Waals surface area (Å²) in [6, 6.07) is 7.23. The van der Waals surface area contributed by atoms with Gasteiger partial charge in [-0.25, -0.2) is 9.97 Å². The molecule has 168 valence electrons. The van der Waals surface area contributed by atoms with Crippen molar-refractivity contribution in [2.45, 2.75) is 31.5 Å². The van der Waals surface area contributed by atoms with Gasteiger partial charge in [0.2, 0.25) is 5.95 Å². The van der Waals surface area contributed by atoms with Crippen LogP contribution in [0.5, 0.6) is 0 Å². The summed E-state index contributed by atoms with van der Waals surface area (Å²) in [6.07, 6.45) is -0.571. The average Bonchev–Trinajstić information content (AvgIpc) is 3.36. The Labute approximate surface area is 181 Å². The maximum Gasteiger partial charge on any atom is 0.389 e. The van der Waals surface area contributed by atoms with Crippen LogP contribution in [-0.2, 0) is 18.2 Å². The van der Waals surface area contributed by atoms with Crippen molar-refractivity contribution in [2.75, 3.05) is 12.4 Å². The standard InChI is InChI=1S/C20H21F3N8O/c1-30-16(5-9-25-30)27-19-24-8-4-15(26-19)13-6-10-31-17(11-13)28-29-18(31)12-14(32-2)3-7-20(21,22)23/h4-6,8-11,14H,3,7,12H2,1-2H3,(H,24,26,27). The third-order valence-electron chi connectivity index (χ3n) is 4.99. The molecular formula is C20H21F3N8O. The topological polar surface area (TPSA) is 95.0 Å². The van der Waals surface area contributed by atoms with Gasteiger partial charge in [-0.15, -0.1) is 10.2 Å². The van der Waals surface area contributed by atoms with Gasteiger partial charge in [0.25, 0.3) is 0 Å². The van der Waals surface area contributed by atoms with Gasteiger partial charge in [-0.1, -0.05) is 0 Å². The Morgan fingerprint density at radius 3 is 2.72 bits per heavy atom. The number of fused-ring (bicyclic) bond motifs is 1. The van der Waals surface area contributed by atoms with Crippen LogP contribution in [0, 0.1) is 0 Å². The molecule has 0 radical (unpaired) electrons. The number of methoxy groups -OCH3 is 1. The highest BCUT2D eigenvalue weighted by atomic mass is 19.4. The van der Waals surface area contributed by atoms with E-state index in [4.69, 9.17) is 4.74 Å². The van der Waals surface area contributed by atoms with Crippen LogP contribution in [0.15, 0.2) is 42.9 Å². The summed E-state index contributed by atoms with van der Waals surface area (Å²) in [6.45, 7) is 0. The number of nitrogens with zero attached hydrogens (tertiary/aromatic N) is 7. The lowest BCUT2D eigenvalue weighted by molar-refractivity contribution is -0.140. The number of aryl methyl sites for hydroxylation is 1. The van der Waals surface area contributed by atoms with Gasteiger partial charge >= 0.3 is 6.18 Å². The molecule has 4 heterocycles. The van der Waals surface area contributed by atoms with Gasteiger partial charge in [0, 0.05) is 51.0 Å². The summed E-state index contributed by atoms with van der Waals surface area (Å²) in [5.41, 5.74) is 2.03. The Hall–Kier alpha value is -3.54. The lowest BCUT2D eigenvalue weighted by Gasteiger charge is -2.15. The van der Waals surface area contributed by atoms with Gasteiger partial charge in [-0.05, 0) is 24.6 Å². The van der Waals surface area contributed by atoms with Gasteiger partial charge in [0.1, 0.15) is 11.6 Å². The zero-order valence-electron chi connectivity index (χ0n) is 17.4. The van der Waals surface area contributed by atoms with Crippen molar-refractivity contribution in [3.63, 3.8) is 0 Å². The van der Waals surface area contributed by atoms with Crippen molar-refractivity contribution < 1.29 is 17.9 Å². The monoisotopic (exact) mass is 446 g/mol. The van der Waals surface area contributed by atoms with Crippen molar-refractivity contribution in [3.05, 3.63) is 48.7 Å². The first-order valence-electron chi connectivity index (χ1n) is 9.84. The molecule has 0 aromatic carbocycles. The van der Waals surface area contributed by atoms with E-state index in [0.717, 1.165) is 11.4 Å². The molecule has 4 rings (SSSR count). The number of nitrogens with one attached hydrogen (secondary N) is 1. The predicted molar refractivity (Wildman–Crippen MR) is 110 cm³/mol. The molecular weight excluding hydrogens is 425 g/mol. The fourth-order valence-electron chi connectivity index (χ4n) is 3.26. The van der Waals surface area contributed by atoms with E-state index in [1.54, 1.807) is 40.8 Å². The molecule has 0 saturated heterocycles. The first-order valence-corrected chi connectivity index (χ1v) is 9.84. The molecule has 9 nitrogen and oxygen atoms in total. The second kappa shape index (κ2) is 8.91. The Morgan fingerprint density at radius 2 is 2.00 bits per heavy atom. The summed E-state index contributed by atoms with van der Waals surface area (Å²) in [7, 11) is 3.20. The van der Waals surface area contributed by atoms with E-state index in [9.17, 15) is 13.2 Å². The van der Waals surface area contributed by atoms with Crippen molar-refractivity contribution in [1.82, 2.24) is 34.3 Å². The van der Waals surface area contributed by atoms with E-state index in [-0.39, 0.29) is 12.8 Å². The molecule has 0 bridgehead atoms. The average molecular weight is 446 g/mol. The summed E-state index contributed by atoms with van der Waals surface area (Å²) in [5, 5.41) is 15.5. The Balaban J connectivity index is 1.53. The molecule has 1 N–H and O–H groups in total. The van der Waals surface area contributed by atoms with Crippen LogP contribution in [0.1, 0.15) is 18.7 Å². The lowest BCUT2D eigenvalue weighted by atomic mass is 10.1. The normalized spacial score (nSPS) is 12.9. The van der Waals surface area contributed by atoms with E-state index >= 15 is 0 Å². The van der Waals surface area contributed by atoms with Gasteiger partial charge in [0.05, 0.1) is 18.0 Å². The van der Waals surface area contributed by atoms with Crippen molar-refractivity contribution >= 4 is 17.4 Å². The van der Waals surface area contributed by atoms with Crippen LogP contribution in [0.2, 0.25) is 0 Å². The highest BCUT2D eigenvalue weighted by Crippen LogP contribution is 2.25. The Kier molecular flexibility index (Phi) is 6.04. The summed E-state index contributed by atoms with van der Waals surface area (Å²) in [4.78, 5) is 8.77. The minimum absolute atomic E-state index is 0.139. The van der Waals surface area contributed by atoms with Crippen molar-refractivity contribution in [2.24, 2.45) is 7.05 Å². The van der Waals surface area contributed by atoms with Gasteiger partial charge in [-0.2, -0.15) is 18.3 Å². The molecule has 0 saturated carbocycles. The van der Waals surface area contributed by atoms with Crippen LogP contribution >= 0.6 is 0 Å². The number of pyridine rings is 1. The fourth-order valence-corrected chi connectivity index (χ4v) is 3.26. The molecule has 0 aliphatic rings. The fraction of sp³-hybridized carbons (Fsp3) is 0.350. The van der Waals surface area contributed by atoms with Crippen LogP contribution in [0.25, 0.3) is 16.9 Å². The first-order chi connectivity index (χ1) is 15.3. The number of anilines is 2. The largest absolute Gasteiger partial charge is 0.389 e. The van der Waals surface area contributed by atoms with Gasteiger partial charge < -0.3 is 10.1 Å². The van der Waals surface area contributed by atoms with Crippen LogP contribution in [-0.4, -0.2) is 53.7 Å². The zero-order chi connectivity index (χ0) is 22.7. The van der Waals surface area contributed by atoms with Crippen LogP contribution in [0.3, 0.4) is 0 Å².